The Kier molecular flexibility index (Phi) is 6.64. The molecule has 1 aromatic rings. The number of alkyl halides is 3. The topological polar surface area (TPSA) is 30.5 Å². The van der Waals surface area contributed by atoms with Crippen LogP contribution >= 0.6 is 0 Å². The van der Waals surface area contributed by atoms with Gasteiger partial charge < -0.3 is 14.8 Å². The van der Waals surface area contributed by atoms with Gasteiger partial charge in [-0.3, -0.25) is 0 Å². The number of hydrogen-bond acceptors (Lipinski definition) is 3. The monoisotopic (exact) mass is 291 g/mol. The Bertz CT molecular complexity index is 408. The number of para-hydroxylation sites is 1. The highest BCUT2D eigenvalue weighted by Crippen LogP contribution is 2.32. The molecule has 1 aromatic carbocycles. The van der Waals surface area contributed by atoms with Crippen LogP contribution < -0.4 is 14.8 Å². The second-order valence-corrected chi connectivity index (χ2v) is 4.17. The van der Waals surface area contributed by atoms with Gasteiger partial charge in [0.25, 0.3) is 0 Å². The van der Waals surface area contributed by atoms with E-state index in [4.69, 9.17) is 9.47 Å². The zero-order chi connectivity index (χ0) is 15.0. The maximum atomic E-state index is 12.2. The third-order valence-electron chi connectivity index (χ3n) is 2.56. The molecule has 0 fully saturated rings. The second kappa shape index (κ2) is 7.99. The van der Waals surface area contributed by atoms with Crippen LogP contribution in [0.5, 0.6) is 11.5 Å². The minimum Gasteiger partial charge on any atom is -0.490 e. The zero-order valence-electron chi connectivity index (χ0n) is 11.7. The Morgan fingerprint density at radius 2 is 1.90 bits per heavy atom. The van der Waals surface area contributed by atoms with Crippen LogP contribution in [0, 0.1) is 0 Å². The van der Waals surface area contributed by atoms with Crippen molar-refractivity contribution in [2.75, 3.05) is 19.8 Å². The fraction of sp³-hybridized carbons (Fsp3) is 0.571. The van der Waals surface area contributed by atoms with Crippen LogP contribution in [0.3, 0.4) is 0 Å². The summed E-state index contributed by atoms with van der Waals surface area (Å²) in [5.41, 5.74) is 0.792. The summed E-state index contributed by atoms with van der Waals surface area (Å²) in [4.78, 5) is 0. The van der Waals surface area contributed by atoms with Crippen molar-refractivity contribution in [1.82, 2.24) is 5.32 Å². The summed E-state index contributed by atoms with van der Waals surface area (Å²) in [7, 11) is 0. The van der Waals surface area contributed by atoms with Crippen molar-refractivity contribution < 1.29 is 22.6 Å². The Hall–Kier alpha value is -1.43. The average molecular weight is 291 g/mol. The molecular weight excluding hydrogens is 271 g/mol. The maximum Gasteiger partial charge on any atom is 0.392 e. The molecule has 114 valence electrons. The number of ether oxygens (including phenoxy) is 2. The lowest BCUT2D eigenvalue weighted by atomic mass is 10.2. The van der Waals surface area contributed by atoms with Crippen LogP contribution in [0.2, 0.25) is 0 Å². The molecule has 1 rings (SSSR count). The van der Waals surface area contributed by atoms with E-state index in [0.717, 1.165) is 12.1 Å². The van der Waals surface area contributed by atoms with Crippen LogP contribution in [0.1, 0.15) is 25.8 Å². The molecule has 0 heterocycles. The van der Waals surface area contributed by atoms with Gasteiger partial charge in [-0.25, -0.2) is 0 Å². The zero-order valence-corrected chi connectivity index (χ0v) is 11.7. The lowest BCUT2D eigenvalue weighted by Crippen LogP contribution is -2.16. The SMILES string of the molecule is CCNCc1cccc(OCC)c1OCCC(F)(F)F. The van der Waals surface area contributed by atoms with E-state index in [2.05, 4.69) is 5.32 Å². The van der Waals surface area contributed by atoms with Crippen molar-refractivity contribution >= 4 is 0 Å². The van der Waals surface area contributed by atoms with Crippen molar-refractivity contribution in [2.24, 2.45) is 0 Å². The van der Waals surface area contributed by atoms with Gasteiger partial charge in [-0.2, -0.15) is 13.2 Å². The summed E-state index contributed by atoms with van der Waals surface area (Å²) in [6, 6.07) is 5.31. The van der Waals surface area contributed by atoms with Crippen molar-refractivity contribution in [3.63, 3.8) is 0 Å². The number of hydrogen-bond donors (Lipinski definition) is 1. The summed E-state index contributed by atoms with van der Waals surface area (Å²) < 4.78 is 47.3. The van der Waals surface area contributed by atoms with Crippen molar-refractivity contribution in [3.8, 4) is 11.5 Å². The molecule has 0 spiro atoms. The van der Waals surface area contributed by atoms with E-state index >= 15 is 0 Å². The number of nitrogens with one attached hydrogen (secondary N) is 1. The third-order valence-corrected chi connectivity index (χ3v) is 2.56. The summed E-state index contributed by atoms with van der Waals surface area (Å²) in [5, 5.41) is 3.12. The van der Waals surface area contributed by atoms with Crippen molar-refractivity contribution in [3.05, 3.63) is 23.8 Å². The molecule has 0 atom stereocenters. The van der Waals surface area contributed by atoms with Crippen LogP contribution in [0.4, 0.5) is 13.2 Å². The first-order valence-electron chi connectivity index (χ1n) is 6.62. The Morgan fingerprint density at radius 3 is 2.50 bits per heavy atom. The summed E-state index contributed by atoms with van der Waals surface area (Å²) in [6.07, 6.45) is -5.20. The van der Waals surface area contributed by atoms with Crippen LogP contribution in [-0.4, -0.2) is 25.9 Å². The smallest absolute Gasteiger partial charge is 0.392 e. The second-order valence-electron chi connectivity index (χ2n) is 4.17. The Balaban J connectivity index is 2.81. The van der Waals surface area contributed by atoms with Gasteiger partial charge in [-0.1, -0.05) is 19.1 Å². The molecule has 0 amide bonds. The standard InChI is InChI=1S/C14H20F3NO2/c1-3-18-10-11-6-5-7-12(19-4-2)13(11)20-9-8-14(15,16)17/h5-7,18H,3-4,8-10H2,1-2H3. The largest absolute Gasteiger partial charge is 0.490 e. The van der Waals surface area contributed by atoms with E-state index in [-0.39, 0.29) is 0 Å². The van der Waals surface area contributed by atoms with E-state index in [0.29, 0.717) is 24.7 Å². The average Bonchev–Trinajstić information content (AvgIpc) is 2.37. The van der Waals surface area contributed by atoms with Gasteiger partial charge in [-0.15, -0.1) is 0 Å². The van der Waals surface area contributed by atoms with Gasteiger partial charge in [0.2, 0.25) is 0 Å². The summed E-state index contributed by atoms with van der Waals surface area (Å²) in [6.45, 7) is 5.08. The van der Waals surface area contributed by atoms with E-state index in [1.54, 1.807) is 12.1 Å². The normalized spacial score (nSPS) is 11.4. The highest BCUT2D eigenvalue weighted by molar-refractivity contribution is 5.46. The molecule has 3 nitrogen and oxygen atoms in total. The van der Waals surface area contributed by atoms with Gasteiger partial charge in [0.05, 0.1) is 19.6 Å². The van der Waals surface area contributed by atoms with Gasteiger partial charge in [-0.05, 0) is 19.5 Å². The number of halogens is 3. The molecule has 0 aromatic heterocycles. The molecule has 0 bridgehead atoms. The Morgan fingerprint density at radius 1 is 1.15 bits per heavy atom. The molecule has 0 aliphatic heterocycles. The first kappa shape index (κ1) is 16.6. The molecule has 1 N–H and O–H groups in total. The molecule has 20 heavy (non-hydrogen) atoms. The van der Waals surface area contributed by atoms with E-state index in [1.807, 2.05) is 19.9 Å². The summed E-state index contributed by atoms with van der Waals surface area (Å²) in [5.74, 6) is 0.865. The first-order valence-corrected chi connectivity index (χ1v) is 6.62. The molecule has 0 saturated heterocycles. The molecule has 0 aliphatic rings. The molecule has 0 saturated carbocycles. The van der Waals surface area contributed by atoms with Crippen molar-refractivity contribution in [2.45, 2.75) is 33.0 Å². The highest BCUT2D eigenvalue weighted by atomic mass is 19.4. The van der Waals surface area contributed by atoms with Gasteiger partial charge in [0, 0.05) is 12.1 Å². The van der Waals surface area contributed by atoms with Gasteiger partial charge in [0.15, 0.2) is 11.5 Å². The van der Waals surface area contributed by atoms with Crippen LogP contribution in [-0.2, 0) is 6.54 Å². The van der Waals surface area contributed by atoms with Crippen LogP contribution in [0.25, 0.3) is 0 Å². The Labute approximate surface area is 117 Å². The summed E-state index contributed by atoms with van der Waals surface area (Å²) >= 11 is 0. The molecule has 0 unspecified atom stereocenters. The number of benzene rings is 1. The lowest BCUT2D eigenvalue weighted by Gasteiger charge is -2.16. The molecule has 0 radical (unpaired) electrons. The quantitative estimate of drug-likeness (QED) is 0.795. The van der Waals surface area contributed by atoms with E-state index in [9.17, 15) is 13.2 Å². The minimum atomic E-state index is -4.22. The fourth-order valence-corrected chi connectivity index (χ4v) is 1.66. The lowest BCUT2D eigenvalue weighted by molar-refractivity contribution is -0.139. The predicted molar refractivity (Wildman–Crippen MR) is 71.2 cm³/mol. The maximum absolute atomic E-state index is 12.2. The predicted octanol–water partition coefficient (Wildman–Crippen LogP) is 3.53. The molecular formula is C14H20F3NO2. The van der Waals surface area contributed by atoms with Gasteiger partial charge in [0.1, 0.15) is 0 Å². The third kappa shape index (κ3) is 5.69. The van der Waals surface area contributed by atoms with E-state index < -0.39 is 19.2 Å². The molecule has 6 heteroatoms. The first-order chi connectivity index (χ1) is 9.48. The number of rotatable bonds is 8. The molecule has 0 aliphatic carbocycles. The van der Waals surface area contributed by atoms with Gasteiger partial charge >= 0.3 is 6.18 Å². The fourth-order valence-electron chi connectivity index (χ4n) is 1.66. The van der Waals surface area contributed by atoms with Crippen molar-refractivity contribution in [1.29, 1.82) is 0 Å². The van der Waals surface area contributed by atoms with E-state index in [1.165, 1.54) is 0 Å². The van der Waals surface area contributed by atoms with Crippen LogP contribution in [0.15, 0.2) is 18.2 Å². The minimum absolute atomic E-state index is 0.388. The highest BCUT2D eigenvalue weighted by Gasteiger charge is 2.27.